The predicted octanol–water partition coefficient (Wildman–Crippen LogP) is 4.22. The Morgan fingerprint density at radius 3 is 2.46 bits per heavy atom. The Morgan fingerprint density at radius 2 is 1.88 bits per heavy atom. The van der Waals surface area contributed by atoms with Gasteiger partial charge in [0.05, 0.1) is 16.7 Å². The first-order valence-electron chi connectivity index (χ1n) is 6.98. The minimum atomic E-state index is -1.25. The van der Waals surface area contributed by atoms with Crippen LogP contribution in [0.3, 0.4) is 0 Å². The number of benzene rings is 2. The van der Waals surface area contributed by atoms with Crippen LogP contribution in [0, 0.1) is 15.9 Å². The van der Waals surface area contributed by atoms with Crippen molar-refractivity contribution >= 4 is 34.6 Å². The number of hydrogen-bond donors (Lipinski definition) is 0. The molecule has 0 spiro atoms. The molecule has 0 bridgehead atoms. The molecule has 0 fully saturated rings. The van der Waals surface area contributed by atoms with Gasteiger partial charge in [0.15, 0.2) is 11.4 Å². The molecule has 0 unspecified atom stereocenters. The van der Waals surface area contributed by atoms with Crippen molar-refractivity contribution in [1.82, 2.24) is 0 Å². The molecule has 8 heteroatoms. The van der Waals surface area contributed by atoms with Crippen LogP contribution in [0.4, 0.5) is 21.5 Å². The Labute approximate surface area is 141 Å². The van der Waals surface area contributed by atoms with E-state index in [9.17, 15) is 19.3 Å². The van der Waals surface area contributed by atoms with Gasteiger partial charge in [-0.1, -0.05) is 11.6 Å². The van der Waals surface area contributed by atoms with Gasteiger partial charge in [0.1, 0.15) is 10.8 Å². The molecule has 2 aromatic carbocycles. The monoisotopic (exact) mass is 350 g/mol. The Balaban J connectivity index is 2.23. The first-order valence-corrected chi connectivity index (χ1v) is 7.35. The van der Waals surface area contributed by atoms with Crippen LogP contribution in [0.2, 0.25) is 5.02 Å². The van der Waals surface area contributed by atoms with E-state index in [1.54, 1.807) is 13.8 Å². The van der Waals surface area contributed by atoms with Gasteiger partial charge in [-0.05, 0) is 44.2 Å². The molecule has 124 valence electrons. The second-order valence-corrected chi connectivity index (χ2v) is 6.17. The minimum Gasteiger partial charge on any atom is -0.476 e. The van der Waals surface area contributed by atoms with Crippen molar-refractivity contribution < 1.29 is 18.8 Å². The van der Waals surface area contributed by atoms with E-state index >= 15 is 0 Å². The fraction of sp³-hybridized carbons (Fsp3) is 0.188. The van der Waals surface area contributed by atoms with Gasteiger partial charge in [-0.2, -0.15) is 0 Å². The van der Waals surface area contributed by atoms with E-state index in [1.807, 2.05) is 0 Å². The van der Waals surface area contributed by atoms with Gasteiger partial charge < -0.3 is 4.74 Å². The summed E-state index contributed by atoms with van der Waals surface area (Å²) in [5, 5.41) is 10.9. The lowest BCUT2D eigenvalue weighted by molar-refractivity contribution is -0.384. The summed E-state index contributed by atoms with van der Waals surface area (Å²) in [7, 11) is 0. The van der Waals surface area contributed by atoms with E-state index < -0.39 is 22.2 Å². The van der Waals surface area contributed by atoms with E-state index in [4.69, 9.17) is 16.3 Å². The Kier molecular flexibility index (Phi) is 3.68. The lowest BCUT2D eigenvalue weighted by Gasteiger charge is -2.38. The van der Waals surface area contributed by atoms with Crippen molar-refractivity contribution in [3.63, 3.8) is 0 Å². The molecule has 0 radical (unpaired) electrons. The number of nitro groups is 1. The third-order valence-corrected chi connectivity index (χ3v) is 3.94. The second-order valence-electron chi connectivity index (χ2n) is 5.76. The molecule has 0 saturated carbocycles. The number of anilines is 2. The molecule has 24 heavy (non-hydrogen) atoms. The van der Waals surface area contributed by atoms with Crippen molar-refractivity contribution in [3.8, 4) is 5.75 Å². The van der Waals surface area contributed by atoms with Gasteiger partial charge in [-0.15, -0.1) is 0 Å². The second kappa shape index (κ2) is 5.45. The third kappa shape index (κ3) is 2.56. The quantitative estimate of drug-likeness (QED) is 0.600. The number of carbonyl (C=O) groups is 1. The predicted molar refractivity (Wildman–Crippen MR) is 86.4 cm³/mol. The molecule has 1 amide bonds. The average Bonchev–Trinajstić information content (AvgIpc) is 2.50. The number of ether oxygens (including phenoxy) is 1. The maximum atomic E-state index is 13.2. The molecule has 0 aliphatic carbocycles. The van der Waals surface area contributed by atoms with Crippen molar-refractivity contribution in [2.45, 2.75) is 19.4 Å². The average molecular weight is 351 g/mol. The Morgan fingerprint density at radius 1 is 1.25 bits per heavy atom. The van der Waals surface area contributed by atoms with Crippen molar-refractivity contribution in [3.05, 3.63) is 57.4 Å². The maximum absolute atomic E-state index is 13.2. The van der Waals surface area contributed by atoms with Crippen LogP contribution in [-0.2, 0) is 4.79 Å². The molecule has 6 nitrogen and oxygen atoms in total. The standard InChI is InChI=1S/C16H12ClFN2O4/c1-16(2)15(21)19(10-5-3-9(18)4-6-10)13-7-11(17)12(20(22)23)8-14(13)24-16/h3-8H,1-2H3. The van der Waals surface area contributed by atoms with Crippen LogP contribution in [0.1, 0.15) is 13.8 Å². The summed E-state index contributed by atoms with van der Waals surface area (Å²) in [5.41, 5.74) is -0.895. The zero-order valence-corrected chi connectivity index (χ0v) is 13.5. The molecular formula is C16H12ClFN2O4. The molecule has 3 rings (SSSR count). The third-order valence-electron chi connectivity index (χ3n) is 3.63. The van der Waals surface area contributed by atoms with Crippen molar-refractivity contribution in [2.24, 2.45) is 0 Å². The van der Waals surface area contributed by atoms with Gasteiger partial charge in [-0.3, -0.25) is 19.8 Å². The van der Waals surface area contributed by atoms with Crippen LogP contribution in [-0.4, -0.2) is 16.4 Å². The Bertz CT molecular complexity index is 852. The fourth-order valence-electron chi connectivity index (χ4n) is 2.47. The molecule has 0 atom stereocenters. The number of nitrogens with zero attached hydrogens (tertiary/aromatic N) is 2. The fourth-order valence-corrected chi connectivity index (χ4v) is 2.70. The number of rotatable bonds is 2. The first-order chi connectivity index (χ1) is 11.2. The number of hydrogen-bond acceptors (Lipinski definition) is 4. The van der Waals surface area contributed by atoms with Gasteiger partial charge in [0.25, 0.3) is 11.6 Å². The largest absolute Gasteiger partial charge is 0.476 e. The van der Waals surface area contributed by atoms with Crippen LogP contribution in [0.25, 0.3) is 0 Å². The lowest BCUT2D eigenvalue weighted by Crippen LogP contribution is -2.50. The molecule has 1 heterocycles. The van der Waals surface area contributed by atoms with E-state index in [0.29, 0.717) is 5.69 Å². The highest BCUT2D eigenvalue weighted by molar-refractivity contribution is 6.33. The number of halogens is 2. The van der Waals surface area contributed by atoms with Gasteiger partial charge >= 0.3 is 0 Å². The molecule has 1 aliphatic heterocycles. The highest BCUT2D eigenvalue weighted by Gasteiger charge is 2.42. The summed E-state index contributed by atoms with van der Waals surface area (Å²) in [6, 6.07) is 7.80. The zero-order chi connectivity index (χ0) is 17.6. The molecule has 1 aliphatic rings. The first kappa shape index (κ1) is 16.2. The van der Waals surface area contributed by atoms with Crippen LogP contribution < -0.4 is 9.64 Å². The maximum Gasteiger partial charge on any atom is 0.291 e. The summed E-state index contributed by atoms with van der Waals surface area (Å²) in [5.74, 6) is -0.688. The summed E-state index contributed by atoms with van der Waals surface area (Å²) in [6.45, 7) is 3.10. The molecule has 0 saturated heterocycles. The van der Waals surface area contributed by atoms with Crippen molar-refractivity contribution in [1.29, 1.82) is 0 Å². The SMILES string of the molecule is CC1(C)Oc2cc([N+](=O)[O-])c(Cl)cc2N(c2ccc(F)cc2)C1=O. The van der Waals surface area contributed by atoms with Gasteiger partial charge in [0, 0.05) is 5.69 Å². The van der Waals surface area contributed by atoms with Crippen LogP contribution >= 0.6 is 11.6 Å². The van der Waals surface area contributed by atoms with E-state index in [-0.39, 0.29) is 22.1 Å². The smallest absolute Gasteiger partial charge is 0.291 e. The zero-order valence-electron chi connectivity index (χ0n) is 12.7. The van der Waals surface area contributed by atoms with Gasteiger partial charge in [0.2, 0.25) is 0 Å². The molecule has 0 aromatic heterocycles. The lowest BCUT2D eigenvalue weighted by atomic mass is 10.0. The van der Waals surface area contributed by atoms with Crippen LogP contribution in [0.5, 0.6) is 5.75 Å². The molecular weight excluding hydrogens is 339 g/mol. The van der Waals surface area contributed by atoms with E-state index in [0.717, 1.165) is 0 Å². The van der Waals surface area contributed by atoms with Crippen LogP contribution in [0.15, 0.2) is 36.4 Å². The topological polar surface area (TPSA) is 72.7 Å². The Hall–Kier alpha value is -2.67. The molecule has 0 N–H and O–H groups in total. The normalized spacial score (nSPS) is 15.7. The number of carbonyl (C=O) groups excluding carboxylic acids is 1. The summed E-state index contributed by atoms with van der Waals surface area (Å²) in [6.07, 6.45) is 0. The number of fused-ring (bicyclic) bond motifs is 1. The highest BCUT2D eigenvalue weighted by Crippen LogP contribution is 2.46. The van der Waals surface area contributed by atoms with Gasteiger partial charge in [-0.25, -0.2) is 4.39 Å². The van der Waals surface area contributed by atoms with Crippen molar-refractivity contribution in [2.75, 3.05) is 4.90 Å². The number of amides is 1. The summed E-state index contributed by atoms with van der Waals surface area (Å²) < 4.78 is 18.8. The minimum absolute atomic E-state index is 0.123. The summed E-state index contributed by atoms with van der Waals surface area (Å²) in [4.78, 5) is 24.5. The van der Waals surface area contributed by atoms with E-state index in [2.05, 4.69) is 0 Å². The number of nitro benzene ring substituents is 1. The summed E-state index contributed by atoms with van der Waals surface area (Å²) >= 11 is 5.96. The highest BCUT2D eigenvalue weighted by atomic mass is 35.5. The van der Waals surface area contributed by atoms with E-state index in [1.165, 1.54) is 41.3 Å². The molecule has 2 aromatic rings.